The van der Waals surface area contributed by atoms with Gasteiger partial charge in [-0.25, -0.2) is 9.37 Å². The van der Waals surface area contributed by atoms with Crippen molar-refractivity contribution in [2.75, 3.05) is 13.1 Å². The van der Waals surface area contributed by atoms with Crippen LogP contribution in [0.5, 0.6) is 0 Å². The normalized spacial score (nSPS) is 18.1. The van der Waals surface area contributed by atoms with E-state index in [0.29, 0.717) is 26.1 Å². The maximum absolute atomic E-state index is 13.2. The molecule has 0 N–H and O–H groups in total. The number of carbonyl (C=O) groups is 2. The van der Waals surface area contributed by atoms with Gasteiger partial charge in [-0.3, -0.25) is 9.59 Å². The molecule has 1 aromatic carbocycles. The van der Waals surface area contributed by atoms with Crippen molar-refractivity contribution in [1.29, 1.82) is 0 Å². The summed E-state index contributed by atoms with van der Waals surface area (Å²) in [6.07, 6.45) is 5.30. The van der Waals surface area contributed by atoms with Gasteiger partial charge in [-0.05, 0) is 23.6 Å². The monoisotopic (exact) mass is 372 g/mol. The van der Waals surface area contributed by atoms with Gasteiger partial charge in [-0.2, -0.15) is 0 Å². The quantitative estimate of drug-likeness (QED) is 0.809. The lowest BCUT2D eigenvalue weighted by Crippen LogP contribution is -2.47. The zero-order chi connectivity index (χ0) is 19.4. The Labute approximate surface area is 158 Å². The number of hydrogen-bond donors (Lipinski definition) is 0. The molecule has 7 heteroatoms. The number of hydrogen-bond acceptors (Lipinski definition) is 3. The summed E-state index contributed by atoms with van der Waals surface area (Å²) in [7, 11) is 0. The van der Waals surface area contributed by atoms with Crippen LogP contribution in [0.2, 0.25) is 0 Å². The molecule has 1 aliphatic heterocycles. The number of aromatic nitrogens is 2. The first-order valence-electron chi connectivity index (χ1n) is 9.21. The molecule has 1 aliphatic rings. The van der Waals surface area contributed by atoms with Crippen LogP contribution in [0.1, 0.15) is 25.8 Å². The Kier molecular flexibility index (Phi) is 5.88. The lowest BCUT2D eigenvalue weighted by molar-refractivity contribution is -0.134. The highest BCUT2D eigenvalue weighted by Gasteiger charge is 2.33. The van der Waals surface area contributed by atoms with Crippen LogP contribution in [0.25, 0.3) is 0 Å². The summed E-state index contributed by atoms with van der Waals surface area (Å²) in [6.45, 7) is 5.66. The van der Waals surface area contributed by atoms with Gasteiger partial charge in [0.05, 0.1) is 12.4 Å². The van der Waals surface area contributed by atoms with Gasteiger partial charge >= 0.3 is 0 Å². The van der Waals surface area contributed by atoms with Crippen LogP contribution in [0.15, 0.2) is 43.0 Å². The van der Waals surface area contributed by atoms with Crippen molar-refractivity contribution in [2.45, 2.75) is 39.4 Å². The molecule has 1 aromatic heterocycles. The zero-order valence-electron chi connectivity index (χ0n) is 15.7. The summed E-state index contributed by atoms with van der Waals surface area (Å²) in [5.74, 6) is -0.0975. The molecule has 0 radical (unpaired) electrons. The van der Waals surface area contributed by atoms with Gasteiger partial charge in [0, 0.05) is 38.4 Å². The van der Waals surface area contributed by atoms with Crippen LogP contribution in [-0.2, 0) is 22.7 Å². The average Bonchev–Trinajstić information content (AvgIpc) is 3.08. The highest BCUT2D eigenvalue weighted by atomic mass is 19.1. The fraction of sp³-hybridized carbons (Fsp3) is 0.450. The van der Waals surface area contributed by atoms with Crippen LogP contribution in [0, 0.1) is 11.7 Å². The second-order valence-corrected chi connectivity index (χ2v) is 7.28. The topological polar surface area (TPSA) is 58.4 Å². The number of carbonyl (C=O) groups excluding carboxylic acids is 2. The number of amides is 2. The minimum Gasteiger partial charge on any atom is -0.339 e. The molecule has 1 saturated heterocycles. The van der Waals surface area contributed by atoms with Crippen LogP contribution >= 0.6 is 0 Å². The molecule has 2 heterocycles. The van der Waals surface area contributed by atoms with Crippen molar-refractivity contribution < 1.29 is 14.0 Å². The summed E-state index contributed by atoms with van der Waals surface area (Å²) in [6, 6.07) is 6.13. The summed E-state index contributed by atoms with van der Waals surface area (Å²) in [5.41, 5.74) is 0.883. The molecule has 27 heavy (non-hydrogen) atoms. The van der Waals surface area contributed by atoms with Gasteiger partial charge < -0.3 is 14.4 Å². The molecule has 144 valence electrons. The van der Waals surface area contributed by atoms with Gasteiger partial charge in [-0.1, -0.05) is 26.0 Å². The maximum atomic E-state index is 13.2. The van der Waals surface area contributed by atoms with E-state index in [1.807, 2.05) is 4.90 Å². The minimum atomic E-state index is -0.294. The number of benzene rings is 1. The predicted molar refractivity (Wildman–Crippen MR) is 99.0 cm³/mol. The van der Waals surface area contributed by atoms with Gasteiger partial charge in [0.15, 0.2) is 0 Å². The molecule has 2 aromatic rings. The largest absolute Gasteiger partial charge is 0.339 e. The Balaban J connectivity index is 1.75. The molecule has 2 amide bonds. The van der Waals surface area contributed by atoms with E-state index < -0.39 is 0 Å². The Morgan fingerprint density at radius 2 is 2.04 bits per heavy atom. The first-order chi connectivity index (χ1) is 12.9. The number of halogens is 1. The maximum Gasteiger partial charge on any atom is 0.242 e. The number of imidazole rings is 1. The number of rotatable bonds is 5. The van der Waals surface area contributed by atoms with E-state index in [9.17, 15) is 14.0 Å². The van der Waals surface area contributed by atoms with Crippen LogP contribution in [0.3, 0.4) is 0 Å². The van der Waals surface area contributed by atoms with E-state index in [-0.39, 0.29) is 36.1 Å². The third-order valence-electron chi connectivity index (χ3n) is 4.99. The minimum absolute atomic E-state index is 0.0184. The molecular formula is C20H25FN4O2. The van der Waals surface area contributed by atoms with Gasteiger partial charge in [0.1, 0.15) is 12.4 Å². The van der Waals surface area contributed by atoms with Gasteiger partial charge in [0.25, 0.3) is 0 Å². The van der Waals surface area contributed by atoms with Crippen LogP contribution in [0.4, 0.5) is 4.39 Å². The summed E-state index contributed by atoms with van der Waals surface area (Å²) in [4.78, 5) is 33.1. The van der Waals surface area contributed by atoms with Crippen LogP contribution < -0.4 is 0 Å². The predicted octanol–water partition coefficient (Wildman–Crippen LogP) is 2.31. The highest BCUT2D eigenvalue weighted by molar-refractivity contribution is 5.80. The molecular weight excluding hydrogens is 347 g/mol. The summed E-state index contributed by atoms with van der Waals surface area (Å²) < 4.78 is 14.9. The molecule has 1 atom stereocenters. The van der Waals surface area contributed by atoms with E-state index in [1.165, 1.54) is 12.1 Å². The van der Waals surface area contributed by atoms with Crippen molar-refractivity contribution in [3.8, 4) is 0 Å². The Bertz CT molecular complexity index is 774. The average molecular weight is 372 g/mol. The van der Waals surface area contributed by atoms with Crippen LogP contribution in [-0.4, -0.2) is 50.3 Å². The van der Waals surface area contributed by atoms with Gasteiger partial charge in [-0.15, -0.1) is 0 Å². The van der Waals surface area contributed by atoms with E-state index in [0.717, 1.165) is 5.56 Å². The third kappa shape index (κ3) is 4.72. The van der Waals surface area contributed by atoms with Crippen molar-refractivity contribution >= 4 is 11.8 Å². The molecule has 0 saturated carbocycles. The molecule has 6 nitrogen and oxygen atoms in total. The SMILES string of the molecule is CC(C)[C@H]1CN(C(=O)Cn2ccnc2)CCC(=O)N1Cc1ccc(F)cc1. The molecule has 0 bridgehead atoms. The van der Waals surface area contributed by atoms with E-state index in [4.69, 9.17) is 0 Å². The Morgan fingerprint density at radius 1 is 1.30 bits per heavy atom. The molecule has 3 rings (SSSR count). The first kappa shape index (κ1) is 19.1. The smallest absolute Gasteiger partial charge is 0.242 e. The van der Waals surface area contributed by atoms with E-state index in [2.05, 4.69) is 18.8 Å². The number of nitrogens with zero attached hydrogens (tertiary/aromatic N) is 4. The third-order valence-corrected chi connectivity index (χ3v) is 4.99. The summed E-state index contributed by atoms with van der Waals surface area (Å²) in [5, 5.41) is 0. The standard InChI is InChI=1S/C20H25FN4O2/c1-15(2)18-12-24(20(27)13-23-10-8-22-14-23)9-7-19(26)25(18)11-16-3-5-17(21)6-4-16/h3-6,8,10,14-15,18H,7,9,11-13H2,1-2H3/t18-/m1/s1. The van der Waals surface area contributed by atoms with Crippen molar-refractivity contribution in [1.82, 2.24) is 19.4 Å². The van der Waals surface area contributed by atoms with E-state index in [1.54, 1.807) is 40.3 Å². The summed E-state index contributed by atoms with van der Waals surface area (Å²) >= 11 is 0. The zero-order valence-corrected chi connectivity index (χ0v) is 15.7. The molecule has 0 spiro atoms. The van der Waals surface area contributed by atoms with Gasteiger partial charge in [0.2, 0.25) is 11.8 Å². The highest BCUT2D eigenvalue weighted by Crippen LogP contribution is 2.21. The van der Waals surface area contributed by atoms with E-state index >= 15 is 0 Å². The van der Waals surface area contributed by atoms with Crippen molar-refractivity contribution in [3.05, 3.63) is 54.4 Å². The molecule has 1 fully saturated rings. The first-order valence-corrected chi connectivity index (χ1v) is 9.21. The Morgan fingerprint density at radius 3 is 2.67 bits per heavy atom. The molecule has 0 aliphatic carbocycles. The van der Waals surface area contributed by atoms with Crippen molar-refractivity contribution in [2.24, 2.45) is 5.92 Å². The molecule has 0 unspecified atom stereocenters. The van der Waals surface area contributed by atoms with Crippen molar-refractivity contribution in [3.63, 3.8) is 0 Å². The fourth-order valence-electron chi connectivity index (χ4n) is 3.40. The Hall–Kier alpha value is -2.70. The second-order valence-electron chi connectivity index (χ2n) is 7.28. The second kappa shape index (κ2) is 8.33. The fourth-order valence-corrected chi connectivity index (χ4v) is 3.40. The lowest BCUT2D eigenvalue weighted by atomic mass is 10.0. The lowest BCUT2D eigenvalue weighted by Gasteiger charge is -2.34.